The third-order valence-corrected chi connectivity index (χ3v) is 4.62. The first kappa shape index (κ1) is 14.0. The van der Waals surface area contributed by atoms with Crippen LogP contribution in [0.3, 0.4) is 0 Å². The summed E-state index contributed by atoms with van der Waals surface area (Å²) in [4.78, 5) is 0.909. The van der Waals surface area contributed by atoms with Crippen molar-refractivity contribution in [2.24, 2.45) is 0 Å². The lowest BCUT2D eigenvalue weighted by Crippen LogP contribution is -1.99. The van der Waals surface area contributed by atoms with Gasteiger partial charge in [0.05, 0.1) is 23.2 Å². The normalized spacial score (nSPS) is 12.4. The first-order valence-electron chi connectivity index (χ1n) is 6.24. The smallest absolute Gasteiger partial charge is 0.0681 e. The molecule has 3 heteroatoms. The molecule has 0 saturated carbocycles. The summed E-state index contributed by atoms with van der Waals surface area (Å²) >= 11 is 0. The molecule has 0 aromatic heterocycles. The minimum atomic E-state index is -1.03. The lowest BCUT2D eigenvalue weighted by Gasteiger charge is -2.07. The Balaban J connectivity index is 2.18. The highest BCUT2D eigenvalue weighted by molar-refractivity contribution is 7.84. The number of aliphatic hydroxyl groups excluding tert-OH is 1. The van der Waals surface area contributed by atoms with E-state index in [0.29, 0.717) is 5.75 Å². The fraction of sp³-hybridized carbons (Fsp3) is 0.250. The van der Waals surface area contributed by atoms with E-state index in [-0.39, 0.29) is 6.61 Å². The van der Waals surface area contributed by atoms with Gasteiger partial charge in [0.25, 0.3) is 0 Å². The van der Waals surface area contributed by atoms with Gasteiger partial charge in [0, 0.05) is 4.90 Å². The van der Waals surface area contributed by atoms with E-state index in [1.807, 2.05) is 56.3 Å². The Morgan fingerprint density at radius 2 is 1.63 bits per heavy atom. The molecule has 0 fully saturated rings. The fourth-order valence-corrected chi connectivity index (χ4v) is 3.32. The second kappa shape index (κ2) is 6.13. The van der Waals surface area contributed by atoms with E-state index in [9.17, 15) is 4.21 Å². The summed E-state index contributed by atoms with van der Waals surface area (Å²) in [6.45, 7) is 4.04. The lowest BCUT2D eigenvalue weighted by molar-refractivity contribution is 0.282. The maximum absolute atomic E-state index is 12.4. The molecule has 2 aromatic rings. The van der Waals surface area contributed by atoms with Gasteiger partial charge in [0.2, 0.25) is 0 Å². The van der Waals surface area contributed by atoms with E-state index in [0.717, 1.165) is 27.1 Å². The molecule has 2 aromatic carbocycles. The van der Waals surface area contributed by atoms with Gasteiger partial charge in [0.15, 0.2) is 0 Å². The van der Waals surface area contributed by atoms with E-state index in [1.54, 1.807) is 0 Å². The molecule has 19 heavy (non-hydrogen) atoms. The zero-order chi connectivity index (χ0) is 13.8. The van der Waals surface area contributed by atoms with Crippen molar-refractivity contribution in [2.75, 3.05) is 0 Å². The predicted octanol–water partition coefficient (Wildman–Crippen LogP) is 3.10. The van der Waals surface area contributed by atoms with E-state index >= 15 is 0 Å². The van der Waals surface area contributed by atoms with Gasteiger partial charge in [-0.3, -0.25) is 4.21 Å². The van der Waals surface area contributed by atoms with Crippen LogP contribution in [0.1, 0.15) is 22.3 Å². The highest BCUT2D eigenvalue weighted by Gasteiger charge is 2.08. The lowest BCUT2D eigenvalue weighted by atomic mass is 10.2. The molecule has 2 nitrogen and oxygen atoms in total. The molecule has 0 aliphatic heterocycles. The molecule has 1 atom stereocenters. The molecule has 0 spiro atoms. The van der Waals surface area contributed by atoms with Gasteiger partial charge in [-0.2, -0.15) is 0 Å². The third-order valence-electron chi connectivity index (χ3n) is 3.09. The molecule has 2 rings (SSSR count). The number of aryl methyl sites for hydroxylation is 2. The Morgan fingerprint density at radius 3 is 2.26 bits per heavy atom. The van der Waals surface area contributed by atoms with Gasteiger partial charge in [-0.1, -0.05) is 36.4 Å². The standard InChI is InChI=1S/C16H18O2S/c1-12-3-4-13(2)16(9-12)19(18)11-15-7-5-14(10-17)6-8-15/h3-9,17H,10-11H2,1-2H3. The van der Waals surface area contributed by atoms with Crippen molar-refractivity contribution in [1.29, 1.82) is 0 Å². The van der Waals surface area contributed by atoms with Crippen LogP contribution in [0, 0.1) is 13.8 Å². The quantitative estimate of drug-likeness (QED) is 0.930. The van der Waals surface area contributed by atoms with Crippen molar-refractivity contribution in [1.82, 2.24) is 0 Å². The van der Waals surface area contributed by atoms with Gasteiger partial charge in [-0.15, -0.1) is 0 Å². The summed E-state index contributed by atoms with van der Waals surface area (Å²) in [5, 5.41) is 9.00. The number of hydrogen-bond acceptors (Lipinski definition) is 2. The van der Waals surface area contributed by atoms with Crippen LogP contribution < -0.4 is 0 Å². The highest BCUT2D eigenvalue weighted by atomic mass is 32.2. The largest absolute Gasteiger partial charge is 0.392 e. The van der Waals surface area contributed by atoms with Crippen LogP contribution in [-0.2, 0) is 23.2 Å². The zero-order valence-electron chi connectivity index (χ0n) is 11.2. The number of rotatable bonds is 4. The fourth-order valence-electron chi connectivity index (χ4n) is 1.92. The molecule has 1 unspecified atom stereocenters. The second-order valence-corrected chi connectivity index (χ2v) is 6.15. The second-order valence-electron chi connectivity index (χ2n) is 4.73. The molecule has 0 aliphatic rings. The topological polar surface area (TPSA) is 37.3 Å². The summed E-state index contributed by atoms with van der Waals surface area (Å²) in [7, 11) is -1.03. The molecule has 100 valence electrons. The van der Waals surface area contributed by atoms with Gasteiger partial charge >= 0.3 is 0 Å². The van der Waals surface area contributed by atoms with E-state index in [4.69, 9.17) is 5.11 Å². The van der Waals surface area contributed by atoms with E-state index in [1.165, 1.54) is 0 Å². The molecule has 1 N–H and O–H groups in total. The van der Waals surface area contributed by atoms with Gasteiger partial charge in [-0.25, -0.2) is 0 Å². The van der Waals surface area contributed by atoms with Crippen LogP contribution in [0.25, 0.3) is 0 Å². The molecule has 0 amide bonds. The maximum atomic E-state index is 12.4. The van der Waals surface area contributed by atoms with Gasteiger partial charge < -0.3 is 5.11 Å². The molecular weight excluding hydrogens is 256 g/mol. The molecule has 0 bridgehead atoms. The van der Waals surface area contributed by atoms with Crippen LogP contribution in [-0.4, -0.2) is 9.32 Å². The van der Waals surface area contributed by atoms with Gasteiger partial charge in [-0.05, 0) is 42.2 Å². The third kappa shape index (κ3) is 3.52. The Bertz CT molecular complexity index is 588. The summed E-state index contributed by atoms with van der Waals surface area (Å²) in [6.07, 6.45) is 0. The summed E-state index contributed by atoms with van der Waals surface area (Å²) in [6, 6.07) is 13.6. The molecule has 0 aliphatic carbocycles. The van der Waals surface area contributed by atoms with Crippen molar-refractivity contribution in [3.8, 4) is 0 Å². The van der Waals surface area contributed by atoms with Crippen LogP contribution in [0.2, 0.25) is 0 Å². The van der Waals surface area contributed by atoms with E-state index < -0.39 is 10.8 Å². The molecule has 0 saturated heterocycles. The first-order valence-corrected chi connectivity index (χ1v) is 7.56. The SMILES string of the molecule is Cc1ccc(C)c(S(=O)Cc2ccc(CO)cc2)c1. The van der Waals surface area contributed by atoms with Crippen LogP contribution >= 0.6 is 0 Å². The average Bonchev–Trinajstić information content (AvgIpc) is 2.42. The van der Waals surface area contributed by atoms with Crippen molar-refractivity contribution in [3.63, 3.8) is 0 Å². The number of aliphatic hydroxyl groups is 1. The van der Waals surface area contributed by atoms with Crippen molar-refractivity contribution >= 4 is 10.8 Å². The van der Waals surface area contributed by atoms with E-state index in [2.05, 4.69) is 0 Å². The molecule has 0 radical (unpaired) electrons. The average molecular weight is 274 g/mol. The Kier molecular flexibility index (Phi) is 4.51. The first-order chi connectivity index (χ1) is 9.10. The molecular formula is C16H18O2S. The molecule has 0 heterocycles. The highest BCUT2D eigenvalue weighted by Crippen LogP contribution is 2.18. The van der Waals surface area contributed by atoms with Crippen molar-refractivity contribution < 1.29 is 9.32 Å². The Hall–Kier alpha value is -1.45. The summed E-state index contributed by atoms with van der Waals surface area (Å²) in [5.41, 5.74) is 4.10. The number of hydrogen-bond donors (Lipinski definition) is 1. The van der Waals surface area contributed by atoms with Crippen LogP contribution in [0.4, 0.5) is 0 Å². The summed E-state index contributed by atoms with van der Waals surface area (Å²) < 4.78 is 12.4. The summed E-state index contributed by atoms with van der Waals surface area (Å²) in [5.74, 6) is 0.510. The minimum absolute atomic E-state index is 0.0420. The monoisotopic (exact) mass is 274 g/mol. The zero-order valence-corrected chi connectivity index (χ0v) is 12.0. The Morgan fingerprint density at radius 1 is 1.00 bits per heavy atom. The van der Waals surface area contributed by atoms with Crippen molar-refractivity contribution in [2.45, 2.75) is 31.1 Å². The van der Waals surface area contributed by atoms with Gasteiger partial charge in [0.1, 0.15) is 0 Å². The van der Waals surface area contributed by atoms with Crippen molar-refractivity contribution in [3.05, 3.63) is 64.7 Å². The predicted molar refractivity (Wildman–Crippen MR) is 78.4 cm³/mol. The minimum Gasteiger partial charge on any atom is -0.392 e. The maximum Gasteiger partial charge on any atom is 0.0681 e. The van der Waals surface area contributed by atoms with Crippen LogP contribution in [0.5, 0.6) is 0 Å². The Labute approximate surface area is 116 Å². The van der Waals surface area contributed by atoms with Crippen LogP contribution in [0.15, 0.2) is 47.4 Å². The number of benzene rings is 2.